The van der Waals surface area contributed by atoms with Crippen LogP contribution in [0.4, 0.5) is 5.69 Å². The van der Waals surface area contributed by atoms with Crippen LogP contribution in [0.5, 0.6) is 0 Å². The number of fused-ring (bicyclic) bond motifs is 1. The molecule has 1 aromatic carbocycles. The first kappa shape index (κ1) is 13.2. The largest absolute Gasteiger partial charge is 0.398 e. The van der Waals surface area contributed by atoms with Crippen molar-refractivity contribution < 1.29 is 0 Å². The van der Waals surface area contributed by atoms with Crippen LogP contribution in [-0.2, 0) is 13.0 Å². The molecule has 2 nitrogen and oxygen atoms in total. The van der Waals surface area contributed by atoms with Gasteiger partial charge in [-0.1, -0.05) is 24.6 Å². The van der Waals surface area contributed by atoms with E-state index in [1.165, 1.54) is 36.9 Å². The lowest BCUT2D eigenvalue weighted by Crippen LogP contribution is -2.31. The lowest BCUT2D eigenvalue weighted by atomic mass is 9.98. The van der Waals surface area contributed by atoms with Gasteiger partial charge in [0.05, 0.1) is 0 Å². The number of hydrogen-bond acceptors (Lipinski definition) is 2. The van der Waals surface area contributed by atoms with Gasteiger partial charge in [-0.05, 0) is 49.4 Å². The molecule has 18 heavy (non-hydrogen) atoms. The zero-order valence-corrected chi connectivity index (χ0v) is 11.2. The third-order valence-corrected chi connectivity index (χ3v) is 3.76. The Balaban J connectivity index is 1.79. The van der Waals surface area contributed by atoms with Gasteiger partial charge in [0.2, 0.25) is 0 Å². The van der Waals surface area contributed by atoms with Crippen LogP contribution in [-0.4, -0.2) is 18.0 Å². The SMILES string of the molecule is C=CCCCCCN1CCc2c(N)cccc2C1. The van der Waals surface area contributed by atoms with Crippen molar-refractivity contribution in [2.45, 2.75) is 38.6 Å². The highest BCUT2D eigenvalue weighted by molar-refractivity contribution is 5.51. The zero-order chi connectivity index (χ0) is 12.8. The van der Waals surface area contributed by atoms with Crippen molar-refractivity contribution in [2.24, 2.45) is 0 Å². The Morgan fingerprint density at radius 3 is 3.00 bits per heavy atom. The van der Waals surface area contributed by atoms with Crippen LogP contribution in [0.15, 0.2) is 30.9 Å². The summed E-state index contributed by atoms with van der Waals surface area (Å²) in [4.78, 5) is 2.55. The molecule has 98 valence electrons. The number of rotatable bonds is 6. The number of nitrogens with two attached hydrogens (primary N) is 1. The topological polar surface area (TPSA) is 29.3 Å². The third-order valence-electron chi connectivity index (χ3n) is 3.76. The zero-order valence-electron chi connectivity index (χ0n) is 11.2. The van der Waals surface area contributed by atoms with Crippen molar-refractivity contribution in [3.63, 3.8) is 0 Å². The molecule has 1 aliphatic rings. The maximum absolute atomic E-state index is 6.01. The maximum atomic E-state index is 6.01. The standard InChI is InChI=1S/C16H24N2/c1-2-3-4-5-6-11-18-12-10-15-14(13-18)8-7-9-16(15)17/h2,7-9H,1,3-6,10-13,17H2. The summed E-state index contributed by atoms with van der Waals surface area (Å²) in [7, 11) is 0. The van der Waals surface area contributed by atoms with Gasteiger partial charge in [-0.3, -0.25) is 4.90 Å². The van der Waals surface area contributed by atoms with Crippen molar-refractivity contribution in [2.75, 3.05) is 18.8 Å². The molecule has 0 unspecified atom stereocenters. The molecule has 0 fully saturated rings. The van der Waals surface area contributed by atoms with E-state index in [0.29, 0.717) is 0 Å². The first-order valence-electron chi connectivity index (χ1n) is 7.00. The number of hydrogen-bond donors (Lipinski definition) is 1. The summed E-state index contributed by atoms with van der Waals surface area (Å²) in [6.45, 7) is 7.20. The van der Waals surface area contributed by atoms with E-state index in [9.17, 15) is 0 Å². The van der Waals surface area contributed by atoms with Gasteiger partial charge in [0.1, 0.15) is 0 Å². The van der Waals surface area contributed by atoms with E-state index in [2.05, 4.69) is 23.6 Å². The van der Waals surface area contributed by atoms with E-state index >= 15 is 0 Å². The highest BCUT2D eigenvalue weighted by atomic mass is 15.1. The van der Waals surface area contributed by atoms with Crippen LogP contribution in [0, 0.1) is 0 Å². The third kappa shape index (κ3) is 3.36. The Hall–Kier alpha value is -1.28. The predicted octanol–water partition coefficient (Wildman–Crippen LogP) is 3.37. The molecule has 1 heterocycles. The van der Waals surface area contributed by atoms with E-state index in [4.69, 9.17) is 5.73 Å². The van der Waals surface area contributed by atoms with Gasteiger partial charge in [0.15, 0.2) is 0 Å². The van der Waals surface area contributed by atoms with Gasteiger partial charge in [0, 0.05) is 18.8 Å². The summed E-state index contributed by atoms with van der Waals surface area (Å²) in [5.41, 5.74) is 9.78. The maximum Gasteiger partial charge on any atom is 0.0350 e. The van der Waals surface area contributed by atoms with Crippen LogP contribution in [0.1, 0.15) is 36.8 Å². The number of benzene rings is 1. The van der Waals surface area contributed by atoms with Crippen LogP contribution >= 0.6 is 0 Å². The molecule has 0 aliphatic carbocycles. The molecule has 0 atom stereocenters. The van der Waals surface area contributed by atoms with E-state index in [1.807, 2.05) is 12.1 Å². The Morgan fingerprint density at radius 2 is 2.17 bits per heavy atom. The van der Waals surface area contributed by atoms with Gasteiger partial charge in [-0.2, -0.15) is 0 Å². The molecule has 2 N–H and O–H groups in total. The second-order valence-corrected chi connectivity index (χ2v) is 5.15. The molecule has 0 aromatic heterocycles. The predicted molar refractivity (Wildman–Crippen MR) is 78.5 cm³/mol. The molecule has 0 radical (unpaired) electrons. The van der Waals surface area contributed by atoms with Crippen LogP contribution in [0.25, 0.3) is 0 Å². The number of unbranched alkanes of at least 4 members (excludes halogenated alkanes) is 3. The monoisotopic (exact) mass is 244 g/mol. The van der Waals surface area contributed by atoms with Crippen LogP contribution < -0.4 is 5.73 Å². The molecule has 0 spiro atoms. The molecule has 0 amide bonds. The quantitative estimate of drug-likeness (QED) is 0.472. The van der Waals surface area contributed by atoms with E-state index in [-0.39, 0.29) is 0 Å². The first-order chi connectivity index (χ1) is 8.81. The minimum absolute atomic E-state index is 0.970. The summed E-state index contributed by atoms with van der Waals surface area (Å²) >= 11 is 0. The molecule has 0 saturated carbocycles. The lowest BCUT2D eigenvalue weighted by molar-refractivity contribution is 0.248. The van der Waals surface area contributed by atoms with E-state index in [1.54, 1.807) is 0 Å². The second kappa shape index (κ2) is 6.60. The second-order valence-electron chi connectivity index (χ2n) is 5.15. The van der Waals surface area contributed by atoms with Crippen LogP contribution in [0.2, 0.25) is 0 Å². The number of anilines is 1. The van der Waals surface area contributed by atoms with Crippen molar-refractivity contribution >= 4 is 5.69 Å². The minimum Gasteiger partial charge on any atom is -0.398 e. The van der Waals surface area contributed by atoms with Gasteiger partial charge >= 0.3 is 0 Å². The minimum atomic E-state index is 0.970. The summed E-state index contributed by atoms with van der Waals surface area (Å²) in [5.74, 6) is 0. The summed E-state index contributed by atoms with van der Waals surface area (Å²) in [6.07, 6.45) is 8.16. The number of allylic oxidation sites excluding steroid dienone is 1. The van der Waals surface area contributed by atoms with E-state index in [0.717, 1.165) is 31.6 Å². The lowest BCUT2D eigenvalue weighted by Gasteiger charge is -2.29. The average molecular weight is 244 g/mol. The molecule has 2 rings (SSSR count). The van der Waals surface area contributed by atoms with Crippen molar-refractivity contribution in [3.05, 3.63) is 42.0 Å². The number of nitrogens with zero attached hydrogens (tertiary/aromatic N) is 1. The fourth-order valence-corrected chi connectivity index (χ4v) is 2.69. The van der Waals surface area contributed by atoms with Gasteiger partial charge < -0.3 is 5.73 Å². The van der Waals surface area contributed by atoms with Crippen molar-refractivity contribution in [3.8, 4) is 0 Å². The molecule has 0 saturated heterocycles. The normalized spacial score (nSPS) is 15.3. The molecular formula is C16H24N2. The highest BCUT2D eigenvalue weighted by Crippen LogP contribution is 2.24. The fourth-order valence-electron chi connectivity index (χ4n) is 2.69. The van der Waals surface area contributed by atoms with Crippen molar-refractivity contribution in [1.29, 1.82) is 0 Å². The molecule has 1 aliphatic heterocycles. The van der Waals surface area contributed by atoms with Gasteiger partial charge in [-0.15, -0.1) is 6.58 Å². The Kier molecular flexibility index (Phi) is 4.82. The summed E-state index contributed by atoms with van der Waals surface area (Å²) in [5, 5.41) is 0. The fraction of sp³-hybridized carbons (Fsp3) is 0.500. The molecule has 0 bridgehead atoms. The Bertz CT molecular complexity index is 398. The highest BCUT2D eigenvalue weighted by Gasteiger charge is 2.16. The van der Waals surface area contributed by atoms with E-state index < -0.39 is 0 Å². The summed E-state index contributed by atoms with van der Waals surface area (Å²) in [6, 6.07) is 6.31. The summed E-state index contributed by atoms with van der Waals surface area (Å²) < 4.78 is 0. The smallest absolute Gasteiger partial charge is 0.0350 e. The van der Waals surface area contributed by atoms with Crippen molar-refractivity contribution in [1.82, 2.24) is 4.90 Å². The molecular weight excluding hydrogens is 220 g/mol. The Morgan fingerprint density at radius 1 is 1.28 bits per heavy atom. The van der Waals surface area contributed by atoms with Gasteiger partial charge in [0.25, 0.3) is 0 Å². The van der Waals surface area contributed by atoms with Gasteiger partial charge in [-0.25, -0.2) is 0 Å². The number of nitrogen functional groups attached to an aromatic ring is 1. The molecule has 2 heteroatoms. The first-order valence-corrected chi connectivity index (χ1v) is 7.00. The molecule has 1 aromatic rings. The Labute approximate surface area is 110 Å². The van der Waals surface area contributed by atoms with Crippen LogP contribution in [0.3, 0.4) is 0 Å². The average Bonchev–Trinajstić information content (AvgIpc) is 2.39.